The lowest BCUT2D eigenvalue weighted by Crippen LogP contribution is -2.28. The van der Waals surface area contributed by atoms with Crippen LogP contribution in [-0.2, 0) is 6.54 Å². The van der Waals surface area contributed by atoms with E-state index in [1.54, 1.807) is 12.1 Å². The lowest BCUT2D eigenvalue weighted by Gasteiger charge is -2.08. The van der Waals surface area contributed by atoms with Crippen LogP contribution >= 0.6 is 12.2 Å². The number of fused-ring (bicyclic) bond motifs is 1. The van der Waals surface area contributed by atoms with Crippen LogP contribution < -0.4 is 10.6 Å². The maximum atomic E-state index is 12.8. The van der Waals surface area contributed by atoms with E-state index >= 15 is 0 Å². The molecular weight excluding hydrogens is 289 g/mol. The van der Waals surface area contributed by atoms with Crippen molar-refractivity contribution in [3.05, 3.63) is 59.9 Å². The zero-order chi connectivity index (χ0) is 14.7. The second-order valence-corrected chi connectivity index (χ2v) is 4.87. The van der Waals surface area contributed by atoms with E-state index in [0.29, 0.717) is 23.1 Å². The second kappa shape index (κ2) is 5.88. The predicted molar refractivity (Wildman–Crippen MR) is 83.5 cm³/mol. The smallest absolute Gasteiger partial charge is 0.183 e. The third-order valence-electron chi connectivity index (χ3n) is 2.98. The first-order chi connectivity index (χ1) is 10.2. The Morgan fingerprint density at radius 3 is 2.71 bits per heavy atom. The van der Waals surface area contributed by atoms with Crippen LogP contribution in [0.15, 0.2) is 53.1 Å². The summed E-state index contributed by atoms with van der Waals surface area (Å²) in [5.74, 6) is 0.315. The van der Waals surface area contributed by atoms with Gasteiger partial charge in [0.15, 0.2) is 16.5 Å². The van der Waals surface area contributed by atoms with Gasteiger partial charge in [-0.25, -0.2) is 4.39 Å². The van der Waals surface area contributed by atoms with Crippen molar-refractivity contribution in [3.63, 3.8) is 0 Å². The Labute approximate surface area is 125 Å². The number of rotatable bonds is 3. The number of hydrogen-bond donors (Lipinski definition) is 2. The molecule has 0 amide bonds. The van der Waals surface area contributed by atoms with Crippen molar-refractivity contribution in [2.24, 2.45) is 0 Å². The average Bonchev–Trinajstić information content (AvgIpc) is 2.90. The average molecular weight is 301 g/mol. The zero-order valence-corrected chi connectivity index (χ0v) is 11.8. The van der Waals surface area contributed by atoms with Gasteiger partial charge in [-0.3, -0.25) is 0 Å². The van der Waals surface area contributed by atoms with Gasteiger partial charge in [0.25, 0.3) is 0 Å². The summed E-state index contributed by atoms with van der Waals surface area (Å²) in [4.78, 5) is 0. The van der Waals surface area contributed by atoms with E-state index in [2.05, 4.69) is 15.8 Å². The lowest BCUT2D eigenvalue weighted by atomic mass is 10.2. The van der Waals surface area contributed by atoms with Crippen LogP contribution in [0.3, 0.4) is 0 Å². The van der Waals surface area contributed by atoms with Gasteiger partial charge in [0.2, 0.25) is 0 Å². The predicted octanol–water partition coefficient (Wildman–Crippen LogP) is 3.45. The highest BCUT2D eigenvalue weighted by atomic mass is 32.1. The van der Waals surface area contributed by atoms with Crippen LogP contribution in [0.25, 0.3) is 11.0 Å². The summed E-state index contributed by atoms with van der Waals surface area (Å²) in [6.45, 7) is 0.502. The molecule has 1 aromatic heterocycles. The van der Waals surface area contributed by atoms with Gasteiger partial charge in [0, 0.05) is 6.54 Å². The van der Waals surface area contributed by atoms with E-state index in [9.17, 15) is 4.39 Å². The first-order valence-electron chi connectivity index (χ1n) is 6.36. The third-order valence-corrected chi connectivity index (χ3v) is 3.22. The summed E-state index contributed by atoms with van der Waals surface area (Å²) < 4.78 is 18.0. The zero-order valence-electron chi connectivity index (χ0n) is 11.0. The lowest BCUT2D eigenvalue weighted by molar-refractivity contribution is 0.460. The number of anilines is 1. The van der Waals surface area contributed by atoms with Gasteiger partial charge in [-0.2, -0.15) is 0 Å². The van der Waals surface area contributed by atoms with E-state index in [4.69, 9.17) is 16.7 Å². The van der Waals surface area contributed by atoms with Crippen LogP contribution in [0.5, 0.6) is 0 Å². The number of halogens is 1. The van der Waals surface area contributed by atoms with Gasteiger partial charge in [0.05, 0.1) is 5.39 Å². The van der Waals surface area contributed by atoms with E-state index in [0.717, 1.165) is 10.9 Å². The Morgan fingerprint density at radius 2 is 1.90 bits per heavy atom. The SMILES string of the molecule is Fc1ccc(CNC(=S)Nc2noc3ccccc23)cc1. The molecule has 106 valence electrons. The van der Waals surface area contributed by atoms with Gasteiger partial charge in [-0.15, -0.1) is 0 Å². The minimum absolute atomic E-state index is 0.256. The van der Waals surface area contributed by atoms with Crippen LogP contribution in [0.4, 0.5) is 10.2 Å². The van der Waals surface area contributed by atoms with Crippen LogP contribution in [0.2, 0.25) is 0 Å². The van der Waals surface area contributed by atoms with E-state index < -0.39 is 0 Å². The molecule has 0 aliphatic rings. The summed E-state index contributed by atoms with van der Waals surface area (Å²) in [5, 5.41) is 11.3. The summed E-state index contributed by atoms with van der Waals surface area (Å²) in [7, 11) is 0. The number of nitrogens with one attached hydrogen (secondary N) is 2. The minimum Gasteiger partial charge on any atom is -0.358 e. The molecule has 3 aromatic rings. The highest BCUT2D eigenvalue weighted by molar-refractivity contribution is 7.80. The molecule has 0 atom stereocenters. The second-order valence-electron chi connectivity index (χ2n) is 4.46. The molecule has 0 bridgehead atoms. The fraction of sp³-hybridized carbons (Fsp3) is 0.0667. The molecule has 0 radical (unpaired) electrons. The van der Waals surface area contributed by atoms with Crippen molar-refractivity contribution in [1.82, 2.24) is 10.5 Å². The van der Waals surface area contributed by atoms with Gasteiger partial charge in [-0.05, 0) is 42.0 Å². The number of nitrogens with zero attached hydrogens (tertiary/aromatic N) is 1. The van der Waals surface area contributed by atoms with Crippen molar-refractivity contribution >= 4 is 34.1 Å². The Hall–Kier alpha value is -2.47. The van der Waals surface area contributed by atoms with Crippen molar-refractivity contribution < 1.29 is 8.91 Å². The van der Waals surface area contributed by atoms with Crippen molar-refractivity contribution in [2.75, 3.05) is 5.32 Å². The quantitative estimate of drug-likeness (QED) is 0.726. The third kappa shape index (κ3) is 3.17. The van der Waals surface area contributed by atoms with Crippen molar-refractivity contribution in [2.45, 2.75) is 6.54 Å². The van der Waals surface area contributed by atoms with Gasteiger partial charge >= 0.3 is 0 Å². The number of aromatic nitrogens is 1. The molecular formula is C15H12FN3OS. The summed E-state index contributed by atoms with van der Waals surface area (Å²) >= 11 is 5.21. The maximum absolute atomic E-state index is 12.8. The molecule has 0 aliphatic heterocycles. The molecule has 0 spiro atoms. The number of benzene rings is 2. The number of hydrogen-bond acceptors (Lipinski definition) is 3. The van der Waals surface area contributed by atoms with Crippen LogP contribution in [0, 0.1) is 5.82 Å². The Morgan fingerprint density at radius 1 is 1.14 bits per heavy atom. The largest absolute Gasteiger partial charge is 0.358 e. The molecule has 0 saturated heterocycles. The van der Waals surface area contributed by atoms with Crippen LogP contribution in [0.1, 0.15) is 5.56 Å². The van der Waals surface area contributed by atoms with E-state index in [1.165, 1.54) is 12.1 Å². The summed E-state index contributed by atoms with van der Waals surface area (Å²) in [5.41, 5.74) is 1.63. The molecule has 2 N–H and O–H groups in total. The molecule has 4 nitrogen and oxygen atoms in total. The molecule has 6 heteroatoms. The first-order valence-corrected chi connectivity index (χ1v) is 6.77. The highest BCUT2D eigenvalue weighted by Crippen LogP contribution is 2.21. The molecule has 0 saturated carbocycles. The van der Waals surface area contributed by atoms with Crippen molar-refractivity contribution in [1.29, 1.82) is 0 Å². The molecule has 21 heavy (non-hydrogen) atoms. The van der Waals surface area contributed by atoms with Crippen LogP contribution in [-0.4, -0.2) is 10.3 Å². The normalized spacial score (nSPS) is 10.5. The molecule has 3 rings (SSSR count). The first kappa shape index (κ1) is 13.5. The van der Waals surface area contributed by atoms with E-state index in [-0.39, 0.29) is 5.82 Å². The fourth-order valence-electron chi connectivity index (χ4n) is 1.91. The van der Waals surface area contributed by atoms with Gasteiger partial charge in [-0.1, -0.05) is 29.4 Å². The molecule has 1 heterocycles. The number of para-hydroxylation sites is 1. The Balaban J connectivity index is 1.62. The highest BCUT2D eigenvalue weighted by Gasteiger charge is 2.08. The monoisotopic (exact) mass is 301 g/mol. The molecule has 0 aliphatic carbocycles. The summed E-state index contributed by atoms with van der Waals surface area (Å²) in [6.07, 6.45) is 0. The maximum Gasteiger partial charge on any atom is 0.183 e. The minimum atomic E-state index is -0.256. The molecule has 0 fully saturated rings. The Bertz CT molecular complexity index is 770. The standard InChI is InChI=1S/C15H12FN3OS/c16-11-7-5-10(6-8-11)9-17-15(21)18-14-12-3-1-2-4-13(12)20-19-14/h1-8H,9H2,(H2,17,18,19,21). The molecule has 2 aromatic carbocycles. The van der Waals surface area contributed by atoms with Gasteiger partial charge in [0.1, 0.15) is 5.82 Å². The number of thiocarbonyl (C=S) groups is 1. The Kier molecular flexibility index (Phi) is 3.79. The topological polar surface area (TPSA) is 50.1 Å². The van der Waals surface area contributed by atoms with Gasteiger partial charge < -0.3 is 15.2 Å². The fourth-order valence-corrected chi connectivity index (χ4v) is 2.08. The molecule has 0 unspecified atom stereocenters. The van der Waals surface area contributed by atoms with Crippen molar-refractivity contribution in [3.8, 4) is 0 Å². The van der Waals surface area contributed by atoms with E-state index in [1.807, 2.05) is 24.3 Å². The summed E-state index contributed by atoms with van der Waals surface area (Å²) in [6, 6.07) is 13.8.